The molecule has 38 heavy (non-hydrogen) atoms. The summed E-state index contributed by atoms with van der Waals surface area (Å²) in [6.07, 6.45) is 9.79. The fourth-order valence-corrected chi connectivity index (χ4v) is 4.92. The average molecular weight is 524 g/mol. The molecular formula is C29H26ClN7O. The normalized spacial score (nSPS) is 14.0. The van der Waals surface area contributed by atoms with Crippen molar-refractivity contribution < 1.29 is 0 Å². The highest BCUT2D eigenvalue weighted by Gasteiger charge is 2.16. The zero-order valence-corrected chi connectivity index (χ0v) is 21.4. The Labute approximate surface area is 225 Å². The van der Waals surface area contributed by atoms with Gasteiger partial charge in [0, 0.05) is 51.9 Å². The zero-order chi connectivity index (χ0) is 25.9. The second-order valence-electron chi connectivity index (χ2n) is 9.41. The van der Waals surface area contributed by atoms with Gasteiger partial charge < -0.3 is 5.32 Å². The maximum atomic E-state index is 12.5. The standard InChI is InChI=1S/C29H26ClN7O/c30-25-6-2-4-21(14-25)27-7-8-28(38)37(35-27)18-20-3-1-5-22(13-20)29-32-15-23(16-33-29)24-17-34-36(19-24)26-9-11-31-12-10-26/h1-8,13-17,19,26,31H,9-12,18H2. The molecule has 190 valence electrons. The molecule has 3 aromatic heterocycles. The average Bonchev–Trinajstić information content (AvgIpc) is 3.46. The minimum absolute atomic E-state index is 0.174. The number of halogens is 1. The fraction of sp³-hybridized carbons (Fsp3) is 0.207. The van der Waals surface area contributed by atoms with Crippen molar-refractivity contribution in [3.63, 3.8) is 0 Å². The summed E-state index contributed by atoms with van der Waals surface area (Å²) in [5.41, 5.74) is 5.11. The van der Waals surface area contributed by atoms with Crippen LogP contribution in [0.5, 0.6) is 0 Å². The van der Waals surface area contributed by atoms with Gasteiger partial charge in [-0.05, 0) is 55.8 Å². The lowest BCUT2D eigenvalue weighted by Gasteiger charge is -2.22. The summed E-state index contributed by atoms with van der Waals surface area (Å²) < 4.78 is 3.52. The summed E-state index contributed by atoms with van der Waals surface area (Å²) in [5.74, 6) is 0.620. The summed E-state index contributed by atoms with van der Waals surface area (Å²) in [7, 11) is 0. The third kappa shape index (κ3) is 5.27. The van der Waals surface area contributed by atoms with E-state index in [-0.39, 0.29) is 5.56 Å². The number of aromatic nitrogens is 6. The largest absolute Gasteiger partial charge is 0.317 e. The van der Waals surface area contributed by atoms with Gasteiger partial charge in [-0.1, -0.05) is 41.9 Å². The molecular weight excluding hydrogens is 498 g/mol. The highest BCUT2D eigenvalue weighted by molar-refractivity contribution is 6.30. The molecule has 5 aromatic rings. The number of benzene rings is 2. The Morgan fingerprint density at radius 3 is 2.47 bits per heavy atom. The SMILES string of the molecule is O=c1ccc(-c2cccc(Cl)c2)nn1Cc1cccc(-c2ncc(-c3cnn(C4CCNCC4)c3)cn2)c1. The number of nitrogens with zero attached hydrogens (tertiary/aromatic N) is 6. The lowest BCUT2D eigenvalue weighted by atomic mass is 10.1. The lowest BCUT2D eigenvalue weighted by molar-refractivity contribution is 0.343. The van der Waals surface area contributed by atoms with Gasteiger partial charge >= 0.3 is 0 Å². The van der Waals surface area contributed by atoms with Gasteiger partial charge in [0.1, 0.15) is 0 Å². The topological polar surface area (TPSA) is 90.5 Å². The summed E-state index contributed by atoms with van der Waals surface area (Å²) in [4.78, 5) is 21.8. The fourth-order valence-electron chi connectivity index (χ4n) is 4.73. The van der Waals surface area contributed by atoms with Crippen LogP contribution in [-0.2, 0) is 6.54 Å². The monoisotopic (exact) mass is 523 g/mol. The number of hydrogen-bond donors (Lipinski definition) is 1. The predicted molar refractivity (Wildman–Crippen MR) is 148 cm³/mol. The van der Waals surface area contributed by atoms with E-state index in [0.29, 0.717) is 29.1 Å². The van der Waals surface area contributed by atoms with Gasteiger partial charge in [-0.15, -0.1) is 0 Å². The Morgan fingerprint density at radius 2 is 1.66 bits per heavy atom. The zero-order valence-electron chi connectivity index (χ0n) is 20.7. The van der Waals surface area contributed by atoms with Crippen molar-refractivity contribution in [1.82, 2.24) is 34.8 Å². The molecule has 0 unspecified atom stereocenters. The summed E-state index contributed by atoms with van der Waals surface area (Å²) in [6.45, 7) is 2.37. The molecule has 4 heterocycles. The van der Waals surface area contributed by atoms with Crippen LogP contribution >= 0.6 is 11.6 Å². The highest BCUT2D eigenvalue weighted by atomic mass is 35.5. The third-order valence-electron chi connectivity index (χ3n) is 6.77. The van der Waals surface area contributed by atoms with E-state index in [1.54, 1.807) is 6.07 Å². The van der Waals surface area contributed by atoms with Crippen LogP contribution < -0.4 is 10.9 Å². The predicted octanol–water partition coefficient (Wildman–Crippen LogP) is 4.86. The Morgan fingerprint density at radius 1 is 0.868 bits per heavy atom. The first-order valence-corrected chi connectivity index (χ1v) is 13.0. The molecule has 0 atom stereocenters. The van der Waals surface area contributed by atoms with E-state index >= 15 is 0 Å². The Kier molecular flexibility index (Phi) is 6.81. The van der Waals surface area contributed by atoms with Crippen LogP contribution in [0.25, 0.3) is 33.8 Å². The maximum absolute atomic E-state index is 12.5. The minimum Gasteiger partial charge on any atom is -0.317 e. The molecule has 0 radical (unpaired) electrons. The van der Waals surface area contributed by atoms with E-state index in [9.17, 15) is 4.79 Å². The van der Waals surface area contributed by atoms with E-state index in [0.717, 1.165) is 53.7 Å². The van der Waals surface area contributed by atoms with Gasteiger partial charge in [-0.3, -0.25) is 9.48 Å². The molecule has 0 spiro atoms. The van der Waals surface area contributed by atoms with Crippen LogP contribution in [0.15, 0.2) is 90.2 Å². The first-order chi connectivity index (χ1) is 18.6. The second-order valence-corrected chi connectivity index (χ2v) is 9.85. The van der Waals surface area contributed by atoms with Crippen LogP contribution in [-0.4, -0.2) is 42.6 Å². The molecule has 9 heteroatoms. The van der Waals surface area contributed by atoms with E-state index in [1.165, 1.54) is 10.7 Å². The summed E-state index contributed by atoms with van der Waals surface area (Å²) >= 11 is 6.13. The number of piperidine rings is 1. The first-order valence-electron chi connectivity index (χ1n) is 12.6. The van der Waals surface area contributed by atoms with Gasteiger partial charge in [0.25, 0.3) is 5.56 Å². The molecule has 1 aliphatic heterocycles. The Balaban J connectivity index is 1.20. The molecule has 0 bridgehead atoms. The molecule has 2 aromatic carbocycles. The van der Waals surface area contributed by atoms with E-state index in [2.05, 4.69) is 36.4 Å². The molecule has 0 aliphatic carbocycles. The second kappa shape index (κ2) is 10.7. The minimum atomic E-state index is -0.174. The molecule has 1 fully saturated rings. The summed E-state index contributed by atoms with van der Waals surface area (Å²) in [6, 6.07) is 19.0. The maximum Gasteiger partial charge on any atom is 0.267 e. The number of rotatable bonds is 6. The van der Waals surface area contributed by atoms with Gasteiger partial charge in [-0.2, -0.15) is 10.2 Å². The van der Waals surface area contributed by atoms with Crippen LogP contribution in [0.3, 0.4) is 0 Å². The van der Waals surface area contributed by atoms with Crippen molar-refractivity contribution in [2.45, 2.75) is 25.4 Å². The first kappa shape index (κ1) is 24.2. The molecule has 1 saturated heterocycles. The lowest BCUT2D eigenvalue weighted by Crippen LogP contribution is -2.29. The number of hydrogen-bond acceptors (Lipinski definition) is 6. The van der Waals surface area contributed by atoms with Crippen LogP contribution in [0.2, 0.25) is 5.02 Å². The van der Waals surface area contributed by atoms with Gasteiger partial charge in [-0.25, -0.2) is 14.6 Å². The smallest absolute Gasteiger partial charge is 0.267 e. The van der Waals surface area contributed by atoms with Crippen molar-refractivity contribution in [2.24, 2.45) is 0 Å². The highest BCUT2D eigenvalue weighted by Crippen LogP contribution is 2.25. The van der Waals surface area contributed by atoms with Crippen LogP contribution in [0.4, 0.5) is 0 Å². The van der Waals surface area contributed by atoms with Crippen LogP contribution in [0.1, 0.15) is 24.4 Å². The van der Waals surface area contributed by atoms with Crippen molar-refractivity contribution in [3.05, 3.63) is 106 Å². The third-order valence-corrected chi connectivity index (χ3v) is 7.01. The van der Waals surface area contributed by atoms with Crippen molar-refractivity contribution in [2.75, 3.05) is 13.1 Å². The molecule has 0 saturated carbocycles. The van der Waals surface area contributed by atoms with E-state index in [4.69, 9.17) is 11.6 Å². The Hall–Kier alpha value is -4.14. The molecule has 6 rings (SSSR count). The quantitative estimate of drug-likeness (QED) is 0.342. The van der Waals surface area contributed by atoms with Crippen molar-refractivity contribution in [1.29, 1.82) is 0 Å². The van der Waals surface area contributed by atoms with Crippen molar-refractivity contribution >= 4 is 11.6 Å². The molecule has 8 nitrogen and oxygen atoms in total. The van der Waals surface area contributed by atoms with Gasteiger partial charge in [0.2, 0.25) is 0 Å². The molecule has 1 aliphatic rings. The molecule has 1 N–H and O–H groups in total. The Bertz CT molecular complexity index is 1620. The van der Waals surface area contributed by atoms with Crippen molar-refractivity contribution in [3.8, 4) is 33.8 Å². The van der Waals surface area contributed by atoms with E-state index < -0.39 is 0 Å². The summed E-state index contributed by atoms with van der Waals surface area (Å²) in [5, 5.41) is 13.2. The van der Waals surface area contributed by atoms with Crippen LogP contribution in [0, 0.1) is 0 Å². The van der Waals surface area contributed by atoms with E-state index in [1.807, 2.05) is 67.1 Å². The molecule has 0 amide bonds. The number of nitrogens with one attached hydrogen (secondary N) is 1. The van der Waals surface area contributed by atoms with Gasteiger partial charge in [0.05, 0.1) is 24.5 Å². The van der Waals surface area contributed by atoms with Gasteiger partial charge in [0.15, 0.2) is 5.82 Å².